The first kappa shape index (κ1) is 17.8. The summed E-state index contributed by atoms with van der Waals surface area (Å²) in [4.78, 5) is 11.8. The average molecular weight is 399 g/mol. The summed E-state index contributed by atoms with van der Waals surface area (Å²) in [7, 11) is -1.32. The van der Waals surface area contributed by atoms with Gasteiger partial charge in [0, 0.05) is 17.7 Å². The average Bonchev–Trinajstić information content (AvgIpc) is 3.32. The molecule has 1 spiro atoms. The lowest BCUT2D eigenvalue weighted by atomic mass is 10.1. The first-order valence-corrected chi connectivity index (χ1v) is 10.7. The van der Waals surface area contributed by atoms with E-state index in [1.54, 1.807) is 18.3 Å². The molecule has 8 heteroatoms. The summed E-state index contributed by atoms with van der Waals surface area (Å²) in [5, 5.41) is 0.451. The second-order valence-electron chi connectivity index (χ2n) is 7.39. The maximum absolute atomic E-state index is 12.7. The van der Waals surface area contributed by atoms with Crippen LogP contribution < -0.4 is 4.74 Å². The predicted molar refractivity (Wildman–Crippen MR) is 103 cm³/mol. The summed E-state index contributed by atoms with van der Waals surface area (Å²) in [5.41, 5.74) is 2.63. The van der Waals surface area contributed by atoms with Crippen LogP contribution >= 0.6 is 0 Å². The number of benzene rings is 1. The fraction of sp³-hybridized carbons (Fsp3) is 0.400. The number of ether oxygens (including phenoxy) is 3. The van der Waals surface area contributed by atoms with E-state index in [-0.39, 0.29) is 17.5 Å². The molecule has 0 amide bonds. The highest BCUT2D eigenvalue weighted by molar-refractivity contribution is 7.84. The van der Waals surface area contributed by atoms with Crippen molar-refractivity contribution in [2.75, 3.05) is 19.8 Å². The van der Waals surface area contributed by atoms with Crippen molar-refractivity contribution in [1.29, 1.82) is 0 Å². The molecule has 2 aliphatic rings. The van der Waals surface area contributed by atoms with E-state index in [4.69, 9.17) is 14.2 Å². The van der Waals surface area contributed by atoms with E-state index in [1.165, 1.54) is 12.8 Å². The number of aromatic amines is 1. The van der Waals surface area contributed by atoms with Gasteiger partial charge in [-0.1, -0.05) is 12.1 Å². The lowest BCUT2D eigenvalue weighted by Gasteiger charge is -2.29. The zero-order valence-corrected chi connectivity index (χ0v) is 16.1. The topological polar surface area (TPSA) is 86.3 Å². The van der Waals surface area contributed by atoms with Gasteiger partial charge in [-0.2, -0.15) is 0 Å². The summed E-state index contributed by atoms with van der Waals surface area (Å²) < 4.78 is 29.9. The highest BCUT2D eigenvalue weighted by Crippen LogP contribution is 2.48. The molecule has 1 aromatic carbocycles. The summed E-state index contributed by atoms with van der Waals surface area (Å²) in [5.74, 6) is 0.918. The number of fused-ring (bicyclic) bond motifs is 1. The molecule has 2 fully saturated rings. The number of imidazole rings is 1. The normalized spacial score (nSPS) is 19.7. The Hall–Kier alpha value is -2.29. The van der Waals surface area contributed by atoms with Gasteiger partial charge in [0.1, 0.15) is 12.4 Å². The molecule has 3 aromatic rings. The lowest BCUT2D eigenvalue weighted by molar-refractivity contribution is -0.217. The van der Waals surface area contributed by atoms with Crippen LogP contribution in [0.5, 0.6) is 5.75 Å². The summed E-state index contributed by atoms with van der Waals surface area (Å²) in [6.45, 7) is 1.82. The molecular weight excluding hydrogens is 378 g/mol. The number of hydrogen-bond acceptors (Lipinski definition) is 6. The standard InChI is InChI=1S/C20H21N3O4S/c24-28(19-22-16-3-1-2-4-17(16)23-19)11-14-9-15(5-8-21-14)25-10-18-26-12-20(6-7-20)13-27-18/h1-5,8-9,18H,6-7,10-13H2,(H,22,23). The molecule has 1 aliphatic heterocycles. The Labute approximate surface area is 164 Å². The van der Waals surface area contributed by atoms with E-state index < -0.39 is 10.8 Å². The molecule has 3 heterocycles. The second-order valence-corrected chi connectivity index (χ2v) is 8.76. The van der Waals surface area contributed by atoms with Gasteiger partial charge in [-0.25, -0.2) is 4.98 Å². The maximum atomic E-state index is 12.7. The van der Waals surface area contributed by atoms with E-state index in [0.717, 1.165) is 24.2 Å². The highest BCUT2D eigenvalue weighted by atomic mass is 32.2. The summed E-state index contributed by atoms with van der Waals surface area (Å²) >= 11 is 0. The third-order valence-corrected chi connectivity index (χ3v) is 6.33. The summed E-state index contributed by atoms with van der Waals surface area (Å²) in [6.07, 6.45) is 3.70. The van der Waals surface area contributed by atoms with Crippen molar-refractivity contribution in [2.24, 2.45) is 5.41 Å². The second kappa shape index (κ2) is 7.27. The summed E-state index contributed by atoms with van der Waals surface area (Å²) in [6, 6.07) is 11.2. The van der Waals surface area contributed by atoms with Gasteiger partial charge in [0.05, 0.1) is 46.5 Å². The number of pyridine rings is 1. The van der Waals surface area contributed by atoms with Gasteiger partial charge in [0.25, 0.3) is 0 Å². The molecular formula is C20H21N3O4S. The van der Waals surface area contributed by atoms with E-state index in [1.807, 2.05) is 24.3 Å². The van der Waals surface area contributed by atoms with Crippen LogP contribution in [0.1, 0.15) is 18.5 Å². The number of aromatic nitrogens is 3. The Kier molecular flexibility index (Phi) is 4.62. The van der Waals surface area contributed by atoms with Crippen molar-refractivity contribution in [3.05, 3.63) is 48.3 Å². The van der Waals surface area contributed by atoms with Crippen molar-refractivity contribution in [1.82, 2.24) is 15.0 Å². The van der Waals surface area contributed by atoms with E-state index in [9.17, 15) is 4.21 Å². The molecule has 1 aliphatic carbocycles. The van der Waals surface area contributed by atoms with Gasteiger partial charge in [0.2, 0.25) is 0 Å². The Morgan fingerprint density at radius 2 is 2.04 bits per heavy atom. The van der Waals surface area contributed by atoms with Gasteiger partial charge in [0.15, 0.2) is 11.4 Å². The molecule has 1 atom stereocenters. The third-order valence-electron chi connectivity index (χ3n) is 5.14. The lowest BCUT2D eigenvalue weighted by Crippen LogP contribution is -2.36. The van der Waals surface area contributed by atoms with Gasteiger partial charge >= 0.3 is 0 Å². The first-order valence-electron chi connectivity index (χ1n) is 9.33. The Morgan fingerprint density at radius 1 is 1.21 bits per heavy atom. The van der Waals surface area contributed by atoms with Crippen LogP contribution in [0.15, 0.2) is 47.8 Å². The van der Waals surface area contributed by atoms with Crippen LogP contribution in [0.2, 0.25) is 0 Å². The van der Waals surface area contributed by atoms with Crippen molar-refractivity contribution < 1.29 is 18.4 Å². The van der Waals surface area contributed by atoms with Crippen LogP contribution in [0.3, 0.4) is 0 Å². The molecule has 2 aromatic heterocycles. The van der Waals surface area contributed by atoms with Crippen molar-refractivity contribution in [3.8, 4) is 5.75 Å². The number of rotatable bonds is 6. The Balaban J connectivity index is 1.19. The SMILES string of the molecule is O=S(Cc1cc(OCC2OCC3(CC3)CO2)ccn1)c1nc2ccccc2[nH]1. The number of H-pyrrole nitrogens is 1. The van der Waals surface area contributed by atoms with Crippen molar-refractivity contribution in [2.45, 2.75) is 30.0 Å². The smallest absolute Gasteiger partial charge is 0.197 e. The first-order chi connectivity index (χ1) is 13.7. The molecule has 0 bridgehead atoms. The molecule has 1 N–H and O–H groups in total. The maximum Gasteiger partial charge on any atom is 0.197 e. The van der Waals surface area contributed by atoms with E-state index in [2.05, 4.69) is 15.0 Å². The molecule has 1 saturated heterocycles. The van der Waals surface area contributed by atoms with Crippen LogP contribution in [0.4, 0.5) is 0 Å². The Morgan fingerprint density at radius 3 is 2.82 bits per heavy atom. The predicted octanol–water partition coefficient (Wildman–Crippen LogP) is 2.80. The number of para-hydroxylation sites is 2. The van der Waals surface area contributed by atoms with Crippen LogP contribution in [0.25, 0.3) is 11.0 Å². The number of nitrogens with one attached hydrogen (secondary N) is 1. The van der Waals surface area contributed by atoms with Gasteiger partial charge in [-0.05, 0) is 31.0 Å². The zero-order chi connectivity index (χ0) is 19.0. The van der Waals surface area contributed by atoms with Gasteiger partial charge in [-0.15, -0.1) is 0 Å². The van der Waals surface area contributed by atoms with Crippen LogP contribution in [-0.2, 0) is 26.0 Å². The third kappa shape index (κ3) is 3.80. The minimum atomic E-state index is -1.32. The van der Waals surface area contributed by atoms with E-state index in [0.29, 0.717) is 23.2 Å². The van der Waals surface area contributed by atoms with Crippen molar-refractivity contribution in [3.63, 3.8) is 0 Å². The number of hydrogen-bond donors (Lipinski definition) is 1. The van der Waals surface area contributed by atoms with Crippen LogP contribution in [-0.4, -0.2) is 45.3 Å². The highest BCUT2D eigenvalue weighted by Gasteiger charge is 2.47. The molecule has 0 radical (unpaired) electrons. The largest absolute Gasteiger partial charge is 0.488 e. The fourth-order valence-corrected chi connectivity index (χ4v) is 4.21. The van der Waals surface area contributed by atoms with Gasteiger partial charge < -0.3 is 19.2 Å². The van der Waals surface area contributed by atoms with Crippen molar-refractivity contribution >= 4 is 21.8 Å². The molecule has 1 saturated carbocycles. The molecule has 7 nitrogen and oxygen atoms in total. The number of nitrogens with zero attached hydrogens (tertiary/aromatic N) is 2. The minimum Gasteiger partial charge on any atom is -0.488 e. The monoisotopic (exact) mass is 399 g/mol. The molecule has 146 valence electrons. The molecule has 1 unspecified atom stereocenters. The Bertz CT molecular complexity index is 974. The fourth-order valence-electron chi connectivity index (χ4n) is 3.22. The zero-order valence-electron chi connectivity index (χ0n) is 15.3. The molecule has 5 rings (SSSR count). The minimum absolute atomic E-state index is 0.260. The van der Waals surface area contributed by atoms with Gasteiger partial charge in [-0.3, -0.25) is 9.19 Å². The quantitative estimate of drug-likeness (QED) is 0.686. The van der Waals surface area contributed by atoms with E-state index >= 15 is 0 Å². The van der Waals surface area contributed by atoms with Crippen LogP contribution in [0, 0.1) is 5.41 Å². The molecule has 28 heavy (non-hydrogen) atoms.